The molecule has 0 bridgehead atoms. The Hall–Kier alpha value is -0.630. The van der Waals surface area contributed by atoms with Crippen LogP contribution in [0.3, 0.4) is 0 Å². The third kappa shape index (κ3) is 4.45. The van der Waals surface area contributed by atoms with E-state index >= 15 is 0 Å². The minimum Gasteiger partial charge on any atom is -0.428 e. The summed E-state index contributed by atoms with van der Waals surface area (Å²) in [6, 6.07) is 4.73. The van der Waals surface area contributed by atoms with Crippen LogP contribution in [0.2, 0.25) is 0 Å². The predicted octanol–water partition coefficient (Wildman–Crippen LogP) is 4.26. The first-order valence-electron chi connectivity index (χ1n) is 4.97. The first-order chi connectivity index (χ1) is 8.77. The van der Waals surface area contributed by atoms with Gasteiger partial charge >= 0.3 is 12.5 Å². The summed E-state index contributed by atoms with van der Waals surface area (Å²) in [6.45, 7) is 0. The Bertz CT molecular complexity index is 454. The Morgan fingerprint density at radius 3 is 2.53 bits per heavy atom. The van der Waals surface area contributed by atoms with Gasteiger partial charge in [-0.05, 0) is 12.1 Å². The number of halogens is 6. The maximum Gasteiger partial charge on any atom is 0.461 e. The minimum absolute atomic E-state index is 0.0869. The lowest BCUT2D eigenvalue weighted by atomic mass is 10.1. The van der Waals surface area contributed by atoms with Crippen molar-refractivity contribution >= 4 is 37.6 Å². The van der Waals surface area contributed by atoms with Crippen LogP contribution in [0.4, 0.5) is 17.6 Å². The lowest BCUT2D eigenvalue weighted by molar-refractivity contribution is -0.253. The molecule has 19 heavy (non-hydrogen) atoms. The number of hydrogen-bond acceptors (Lipinski definition) is 2. The summed E-state index contributed by atoms with van der Waals surface area (Å²) in [5, 5.41) is 0.324. The van der Waals surface area contributed by atoms with Crippen LogP contribution in [0.15, 0.2) is 24.3 Å². The van der Waals surface area contributed by atoms with Crippen molar-refractivity contribution in [3.8, 4) is 5.75 Å². The second kappa shape index (κ2) is 6.69. The predicted molar refractivity (Wildman–Crippen MR) is 68.9 cm³/mol. The Kier molecular flexibility index (Phi) is 5.79. The van der Waals surface area contributed by atoms with Gasteiger partial charge in [0.2, 0.25) is 0 Å². The van der Waals surface area contributed by atoms with Crippen LogP contribution in [0.25, 0.3) is 0 Å². The average Bonchev–Trinajstić information content (AvgIpc) is 2.36. The van der Waals surface area contributed by atoms with Gasteiger partial charge in [0.15, 0.2) is 5.78 Å². The Morgan fingerprint density at radius 1 is 1.37 bits per heavy atom. The zero-order valence-corrected chi connectivity index (χ0v) is 12.4. The quantitative estimate of drug-likeness (QED) is 0.400. The molecule has 0 fully saturated rings. The highest BCUT2D eigenvalue weighted by atomic mass is 79.9. The number of hydrogen-bond donors (Lipinski definition) is 0. The highest BCUT2D eigenvalue weighted by Gasteiger charge is 2.44. The number of carbonyl (C=O) groups excluding carboxylic acids is 1. The number of ether oxygens (including phenoxy) is 1. The van der Waals surface area contributed by atoms with Gasteiger partial charge in [0.1, 0.15) is 5.75 Å². The molecule has 2 nitrogen and oxygen atoms in total. The summed E-state index contributed by atoms with van der Waals surface area (Å²) in [6.07, 6.45) is -8.54. The van der Waals surface area contributed by atoms with E-state index in [9.17, 15) is 22.4 Å². The topological polar surface area (TPSA) is 26.3 Å². The van der Waals surface area contributed by atoms with Gasteiger partial charge in [0.05, 0.1) is 4.83 Å². The smallest absolute Gasteiger partial charge is 0.428 e. The number of benzene rings is 1. The fourth-order valence-corrected chi connectivity index (χ4v) is 1.72. The van der Waals surface area contributed by atoms with E-state index in [1.807, 2.05) is 0 Å². The fraction of sp³-hybridized carbons (Fsp3) is 0.364. The highest BCUT2D eigenvalue weighted by Crippen LogP contribution is 2.28. The molecule has 0 aliphatic heterocycles. The van der Waals surface area contributed by atoms with Gasteiger partial charge in [-0.3, -0.25) is 4.79 Å². The molecule has 1 aromatic carbocycles. The molecule has 0 amide bonds. The normalized spacial score (nSPS) is 13.4. The summed E-state index contributed by atoms with van der Waals surface area (Å²) in [5.74, 6) is -0.867. The van der Waals surface area contributed by atoms with Crippen molar-refractivity contribution in [3.63, 3.8) is 0 Å². The van der Waals surface area contributed by atoms with E-state index in [1.54, 1.807) is 0 Å². The molecule has 0 N–H and O–H groups in total. The van der Waals surface area contributed by atoms with Crippen molar-refractivity contribution in [2.24, 2.45) is 0 Å². The van der Waals surface area contributed by atoms with Crippen LogP contribution in [0.5, 0.6) is 5.75 Å². The number of Topliss-reactive ketones (excluding diaryl/α,β-unsaturated/α-hetero) is 1. The minimum atomic E-state index is -4.59. The number of alkyl halides is 6. The number of ketones is 1. The molecule has 0 heterocycles. The van der Waals surface area contributed by atoms with Crippen molar-refractivity contribution in [2.45, 2.75) is 17.4 Å². The lowest BCUT2D eigenvalue weighted by Gasteiger charge is -2.17. The number of rotatable bonds is 6. The maximum atomic E-state index is 12.7. The van der Waals surface area contributed by atoms with E-state index in [1.165, 1.54) is 12.1 Å². The van der Waals surface area contributed by atoms with Crippen LogP contribution < -0.4 is 4.74 Å². The first kappa shape index (κ1) is 16.4. The summed E-state index contributed by atoms with van der Waals surface area (Å²) in [4.78, 5) is 11.2. The summed E-state index contributed by atoms with van der Waals surface area (Å²) in [7, 11) is 0. The molecule has 8 heteroatoms. The molecule has 1 rings (SSSR count). The summed E-state index contributed by atoms with van der Waals surface area (Å²) < 4.78 is 53.3. The molecule has 106 valence electrons. The third-order valence-corrected chi connectivity index (χ3v) is 4.30. The molecule has 0 saturated heterocycles. The Balaban J connectivity index is 2.92. The second-order valence-electron chi connectivity index (χ2n) is 3.48. The second-order valence-corrected chi connectivity index (χ2v) is 5.23. The van der Waals surface area contributed by atoms with Crippen LogP contribution in [0, 0.1) is 0 Å². The molecule has 1 atom stereocenters. The van der Waals surface area contributed by atoms with Gasteiger partial charge in [-0.25, -0.2) is 0 Å². The lowest BCUT2D eigenvalue weighted by Crippen LogP contribution is -2.33. The Labute approximate surface area is 123 Å². The van der Waals surface area contributed by atoms with Crippen LogP contribution >= 0.6 is 31.9 Å². The molecule has 0 aliphatic rings. The van der Waals surface area contributed by atoms with Crippen molar-refractivity contribution in [1.29, 1.82) is 0 Å². The number of carbonyl (C=O) groups is 1. The molecule has 0 aromatic heterocycles. The maximum absolute atomic E-state index is 12.7. The molecule has 0 spiro atoms. The van der Waals surface area contributed by atoms with E-state index in [4.69, 9.17) is 0 Å². The zero-order chi connectivity index (χ0) is 14.6. The van der Waals surface area contributed by atoms with Crippen molar-refractivity contribution in [3.05, 3.63) is 29.8 Å². The van der Waals surface area contributed by atoms with Crippen LogP contribution in [-0.4, -0.2) is 28.5 Å². The Morgan fingerprint density at radius 2 is 2.00 bits per heavy atom. The third-order valence-electron chi connectivity index (χ3n) is 2.05. The summed E-state index contributed by atoms with van der Waals surface area (Å²) >= 11 is 6.16. The molecular formula is C11H8Br2F4O2. The summed E-state index contributed by atoms with van der Waals surface area (Å²) in [5.41, 5.74) is 0.0869. The van der Waals surface area contributed by atoms with E-state index in [0.29, 0.717) is 5.33 Å². The van der Waals surface area contributed by atoms with Gasteiger partial charge in [-0.1, -0.05) is 44.0 Å². The van der Waals surface area contributed by atoms with Crippen molar-refractivity contribution in [1.82, 2.24) is 0 Å². The molecular weight excluding hydrogens is 400 g/mol. The van der Waals surface area contributed by atoms with Gasteiger partial charge in [-0.15, -0.1) is 0 Å². The van der Waals surface area contributed by atoms with E-state index in [0.717, 1.165) is 12.1 Å². The van der Waals surface area contributed by atoms with Crippen molar-refractivity contribution < 1.29 is 27.1 Å². The monoisotopic (exact) mass is 406 g/mol. The van der Waals surface area contributed by atoms with E-state index in [-0.39, 0.29) is 11.3 Å². The van der Waals surface area contributed by atoms with Gasteiger partial charge in [0, 0.05) is 10.9 Å². The average molecular weight is 408 g/mol. The first-order valence-corrected chi connectivity index (χ1v) is 7.01. The SMILES string of the molecule is O=C(c1cccc(OC(F)(F)C(F)F)c1)C(Br)CBr. The zero-order valence-electron chi connectivity index (χ0n) is 9.26. The van der Waals surface area contributed by atoms with Crippen molar-refractivity contribution in [2.75, 3.05) is 5.33 Å². The van der Waals surface area contributed by atoms with Gasteiger partial charge in [0.25, 0.3) is 0 Å². The van der Waals surface area contributed by atoms with E-state index < -0.39 is 23.1 Å². The van der Waals surface area contributed by atoms with Crippen LogP contribution in [0.1, 0.15) is 10.4 Å². The molecule has 0 aliphatic carbocycles. The van der Waals surface area contributed by atoms with E-state index in [2.05, 4.69) is 36.6 Å². The fourth-order valence-electron chi connectivity index (χ4n) is 1.17. The molecule has 1 unspecified atom stereocenters. The van der Waals surface area contributed by atoms with Gasteiger partial charge < -0.3 is 4.74 Å². The van der Waals surface area contributed by atoms with Gasteiger partial charge in [-0.2, -0.15) is 17.6 Å². The van der Waals surface area contributed by atoms with Crippen LogP contribution in [-0.2, 0) is 0 Å². The standard InChI is InChI=1S/C11H8Br2F4O2/c12-5-8(13)9(18)6-2-1-3-7(4-6)19-11(16,17)10(14)15/h1-4,8,10H,5H2. The molecule has 1 aromatic rings. The highest BCUT2D eigenvalue weighted by molar-refractivity contribution is 9.12. The molecule has 0 saturated carbocycles. The molecule has 0 radical (unpaired) electrons. The largest absolute Gasteiger partial charge is 0.461 e.